The van der Waals surface area contributed by atoms with Gasteiger partial charge in [0.15, 0.2) is 0 Å². The van der Waals surface area contributed by atoms with Crippen LogP contribution in [0.25, 0.3) is 0 Å². The number of carboxylic acid groups (broad SMARTS) is 2. The topological polar surface area (TPSA) is 107 Å². The Balaban J connectivity index is 0.000000438. The van der Waals surface area contributed by atoms with Gasteiger partial charge < -0.3 is 15.5 Å². The molecule has 0 fully saturated rings. The standard InChI is InChI=1S/C20H24N2O.C2H2O4/c1-3-16-8-10-19(11-9-16)21-20(23)15(2)22-13-12-17-6-4-5-7-18(17)14-22;3-1(4)2(5)6/h4-11,15H,3,12-14H2,1-2H3,(H,21,23);(H,3,4)(H,5,6). The van der Waals surface area contributed by atoms with Crippen molar-refractivity contribution in [3.63, 3.8) is 0 Å². The highest BCUT2D eigenvalue weighted by molar-refractivity contribution is 6.27. The first kappa shape index (κ1) is 22.1. The molecule has 0 spiro atoms. The monoisotopic (exact) mass is 398 g/mol. The number of benzene rings is 2. The van der Waals surface area contributed by atoms with E-state index in [1.807, 2.05) is 19.1 Å². The van der Waals surface area contributed by atoms with Gasteiger partial charge in [0.1, 0.15) is 0 Å². The predicted octanol–water partition coefficient (Wildman–Crippen LogP) is 2.79. The minimum atomic E-state index is -1.82. The number of rotatable bonds is 4. The van der Waals surface area contributed by atoms with E-state index in [-0.39, 0.29) is 11.9 Å². The molecule has 2 aromatic carbocycles. The van der Waals surface area contributed by atoms with Crippen molar-refractivity contribution in [2.45, 2.75) is 39.3 Å². The van der Waals surface area contributed by atoms with Crippen molar-refractivity contribution in [3.05, 3.63) is 65.2 Å². The highest BCUT2D eigenvalue weighted by Gasteiger charge is 2.25. The first-order valence-electron chi connectivity index (χ1n) is 9.48. The lowest BCUT2D eigenvalue weighted by atomic mass is 9.99. The van der Waals surface area contributed by atoms with Gasteiger partial charge >= 0.3 is 11.9 Å². The van der Waals surface area contributed by atoms with Crippen molar-refractivity contribution in [2.24, 2.45) is 0 Å². The third-order valence-corrected chi connectivity index (χ3v) is 4.90. The van der Waals surface area contributed by atoms with Gasteiger partial charge in [-0.2, -0.15) is 0 Å². The SMILES string of the molecule is CCc1ccc(NC(=O)C(C)N2CCc3ccccc3C2)cc1.O=C(O)C(=O)O. The molecule has 29 heavy (non-hydrogen) atoms. The number of carbonyl (C=O) groups is 3. The molecule has 0 radical (unpaired) electrons. The largest absolute Gasteiger partial charge is 0.473 e. The van der Waals surface area contributed by atoms with Crippen LogP contribution < -0.4 is 5.32 Å². The molecule has 0 bridgehead atoms. The molecular formula is C22H26N2O5. The summed E-state index contributed by atoms with van der Waals surface area (Å²) in [5.74, 6) is -3.58. The van der Waals surface area contributed by atoms with Crippen molar-refractivity contribution in [3.8, 4) is 0 Å². The van der Waals surface area contributed by atoms with E-state index in [9.17, 15) is 4.79 Å². The number of carboxylic acids is 2. The van der Waals surface area contributed by atoms with Crippen LogP contribution in [-0.4, -0.2) is 45.5 Å². The highest BCUT2D eigenvalue weighted by Crippen LogP contribution is 2.21. The van der Waals surface area contributed by atoms with E-state index in [0.29, 0.717) is 0 Å². The summed E-state index contributed by atoms with van der Waals surface area (Å²) in [4.78, 5) is 33.0. The van der Waals surface area contributed by atoms with Crippen LogP contribution in [0, 0.1) is 0 Å². The zero-order valence-corrected chi connectivity index (χ0v) is 16.6. The molecule has 7 heteroatoms. The Hall–Kier alpha value is -3.19. The maximum Gasteiger partial charge on any atom is 0.414 e. The Morgan fingerprint density at radius 3 is 2.14 bits per heavy atom. The van der Waals surface area contributed by atoms with Gasteiger partial charge in [-0.25, -0.2) is 9.59 Å². The summed E-state index contributed by atoms with van der Waals surface area (Å²) < 4.78 is 0. The van der Waals surface area contributed by atoms with E-state index in [2.05, 4.69) is 53.5 Å². The normalized spacial score (nSPS) is 14.0. The molecule has 1 amide bonds. The van der Waals surface area contributed by atoms with Crippen LogP contribution in [0.15, 0.2) is 48.5 Å². The summed E-state index contributed by atoms with van der Waals surface area (Å²) in [6.07, 6.45) is 2.02. The second kappa shape index (κ2) is 10.4. The number of carbonyl (C=O) groups excluding carboxylic acids is 1. The van der Waals surface area contributed by atoms with Crippen LogP contribution in [0.2, 0.25) is 0 Å². The number of aryl methyl sites for hydroxylation is 1. The van der Waals surface area contributed by atoms with Crippen molar-refractivity contribution < 1.29 is 24.6 Å². The molecule has 3 N–H and O–H groups in total. The molecule has 0 saturated carbocycles. The van der Waals surface area contributed by atoms with E-state index in [4.69, 9.17) is 19.8 Å². The van der Waals surface area contributed by atoms with Crippen molar-refractivity contribution in [2.75, 3.05) is 11.9 Å². The Morgan fingerprint density at radius 2 is 1.59 bits per heavy atom. The summed E-state index contributed by atoms with van der Waals surface area (Å²) >= 11 is 0. The van der Waals surface area contributed by atoms with Gasteiger partial charge in [-0.3, -0.25) is 9.69 Å². The minimum Gasteiger partial charge on any atom is -0.473 e. The lowest BCUT2D eigenvalue weighted by Gasteiger charge is -2.32. The molecule has 1 unspecified atom stereocenters. The maximum absolute atomic E-state index is 12.5. The molecule has 3 rings (SSSR count). The molecule has 1 heterocycles. The fraction of sp³-hybridized carbons (Fsp3) is 0.318. The number of hydrogen-bond donors (Lipinski definition) is 3. The van der Waals surface area contributed by atoms with Gasteiger partial charge in [0, 0.05) is 18.8 Å². The van der Waals surface area contributed by atoms with Gasteiger partial charge in [0.05, 0.1) is 6.04 Å². The molecule has 0 saturated heterocycles. The van der Waals surface area contributed by atoms with Crippen LogP contribution >= 0.6 is 0 Å². The van der Waals surface area contributed by atoms with E-state index in [1.165, 1.54) is 16.7 Å². The number of fused-ring (bicyclic) bond motifs is 1. The molecular weight excluding hydrogens is 372 g/mol. The molecule has 0 aliphatic carbocycles. The molecule has 1 atom stereocenters. The van der Waals surface area contributed by atoms with Crippen molar-refractivity contribution >= 4 is 23.5 Å². The maximum atomic E-state index is 12.5. The quantitative estimate of drug-likeness (QED) is 0.684. The average molecular weight is 398 g/mol. The summed E-state index contributed by atoms with van der Waals surface area (Å²) in [5, 5.41) is 17.8. The Morgan fingerprint density at radius 1 is 1.00 bits per heavy atom. The van der Waals surface area contributed by atoms with E-state index in [1.54, 1.807) is 0 Å². The fourth-order valence-corrected chi connectivity index (χ4v) is 3.08. The summed E-state index contributed by atoms with van der Waals surface area (Å²) in [6.45, 7) is 5.90. The fourth-order valence-electron chi connectivity index (χ4n) is 3.08. The van der Waals surface area contributed by atoms with Gasteiger partial charge in [-0.15, -0.1) is 0 Å². The Bertz CT molecular complexity index is 852. The number of aliphatic carboxylic acids is 2. The van der Waals surface area contributed by atoms with Crippen LogP contribution in [-0.2, 0) is 33.8 Å². The molecule has 1 aliphatic heterocycles. The lowest BCUT2D eigenvalue weighted by molar-refractivity contribution is -0.159. The zero-order valence-electron chi connectivity index (χ0n) is 16.6. The van der Waals surface area contributed by atoms with E-state index in [0.717, 1.165) is 31.6 Å². The third-order valence-electron chi connectivity index (χ3n) is 4.90. The summed E-state index contributed by atoms with van der Waals surface area (Å²) in [6, 6.07) is 16.5. The van der Waals surface area contributed by atoms with Crippen LogP contribution in [0.5, 0.6) is 0 Å². The van der Waals surface area contributed by atoms with Crippen LogP contribution in [0.1, 0.15) is 30.5 Å². The van der Waals surface area contributed by atoms with Gasteiger partial charge in [0.2, 0.25) is 5.91 Å². The van der Waals surface area contributed by atoms with Gasteiger partial charge in [-0.05, 0) is 48.6 Å². The zero-order chi connectivity index (χ0) is 21.4. The summed E-state index contributed by atoms with van der Waals surface area (Å²) in [7, 11) is 0. The predicted molar refractivity (Wildman–Crippen MR) is 110 cm³/mol. The number of nitrogens with zero attached hydrogens (tertiary/aromatic N) is 1. The second-order valence-corrected chi connectivity index (χ2v) is 6.82. The number of amides is 1. The highest BCUT2D eigenvalue weighted by atomic mass is 16.4. The van der Waals surface area contributed by atoms with E-state index >= 15 is 0 Å². The average Bonchev–Trinajstić information content (AvgIpc) is 2.73. The first-order chi connectivity index (χ1) is 13.8. The minimum absolute atomic E-state index is 0.0635. The molecule has 154 valence electrons. The van der Waals surface area contributed by atoms with Crippen LogP contribution in [0.4, 0.5) is 5.69 Å². The molecule has 0 aromatic heterocycles. The molecule has 2 aromatic rings. The first-order valence-corrected chi connectivity index (χ1v) is 9.48. The molecule has 7 nitrogen and oxygen atoms in total. The lowest BCUT2D eigenvalue weighted by Crippen LogP contribution is -2.44. The second-order valence-electron chi connectivity index (χ2n) is 6.82. The summed E-state index contributed by atoms with van der Waals surface area (Å²) in [5.41, 5.74) is 4.90. The smallest absolute Gasteiger partial charge is 0.414 e. The van der Waals surface area contributed by atoms with E-state index < -0.39 is 11.9 Å². The Labute approximate surface area is 170 Å². The van der Waals surface area contributed by atoms with Crippen molar-refractivity contribution in [1.29, 1.82) is 0 Å². The van der Waals surface area contributed by atoms with Crippen molar-refractivity contribution in [1.82, 2.24) is 4.90 Å². The van der Waals surface area contributed by atoms with Gasteiger partial charge in [-0.1, -0.05) is 43.3 Å². The number of hydrogen-bond acceptors (Lipinski definition) is 4. The van der Waals surface area contributed by atoms with Gasteiger partial charge in [0.25, 0.3) is 0 Å². The molecule has 1 aliphatic rings. The Kier molecular flexibility index (Phi) is 7.91. The number of nitrogens with one attached hydrogen (secondary N) is 1. The number of anilines is 1. The van der Waals surface area contributed by atoms with Crippen LogP contribution in [0.3, 0.4) is 0 Å². The third kappa shape index (κ3) is 6.43.